The van der Waals surface area contributed by atoms with Crippen LogP contribution in [0.4, 0.5) is 0 Å². The monoisotopic (exact) mass is 433 g/mol. The molecule has 4 aromatic carbocycles. The van der Waals surface area contributed by atoms with Crippen molar-refractivity contribution in [2.45, 2.75) is 24.6 Å². The van der Waals surface area contributed by atoms with Crippen LogP contribution in [-0.4, -0.2) is 19.8 Å². The number of benzene rings is 4. The SMILES string of the molecule is CB1N[C@H](c2ccccc2)[C@H](COC(c2ccccc2)(c2ccccc2)c2ccccc2)O1. The van der Waals surface area contributed by atoms with E-state index < -0.39 is 5.60 Å². The molecule has 0 amide bonds. The van der Waals surface area contributed by atoms with Crippen molar-refractivity contribution < 1.29 is 9.39 Å². The molecule has 1 saturated heterocycles. The normalized spacial score (nSPS) is 18.4. The fourth-order valence-electron chi connectivity index (χ4n) is 4.82. The lowest BCUT2D eigenvalue weighted by Gasteiger charge is -2.37. The molecule has 1 fully saturated rings. The first-order valence-corrected chi connectivity index (χ1v) is 11.5. The molecule has 164 valence electrons. The Labute approximate surface area is 196 Å². The van der Waals surface area contributed by atoms with Crippen molar-refractivity contribution >= 4 is 7.05 Å². The predicted octanol–water partition coefficient (Wildman–Crippen LogP) is 5.84. The van der Waals surface area contributed by atoms with Crippen LogP contribution in [0.1, 0.15) is 28.3 Å². The highest BCUT2D eigenvalue weighted by molar-refractivity contribution is 6.48. The Morgan fingerprint density at radius 2 is 1.12 bits per heavy atom. The summed E-state index contributed by atoms with van der Waals surface area (Å²) in [5, 5.41) is 3.57. The molecule has 2 atom stereocenters. The van der Waals surface area contributed by atoms with Crippen molar-refractivity contribution in [2.75, 3.05) is 6.61 Å². The Morgan fingerprint density at radius 3 is 1.58 bits per heavy atom. The van der Waals surface area contributed by atoms with Crippen molar-refractivity contribution in [3.05, 3.63) is 144 Å². The first-order valence-electron chi connectivity index (χ1n) is 11.5. The molecule has 0 radical (unpaired) electrons. The largest absolute Gasteiger partial charge is 0.414 e. The van der Waals surface area contributed by atoms with Crippen LogP contribution in [-0.2, 0) is 15.0 Å². The molecule has 0 aromatic heterocycles. The van der Waals surface area contributed by atoms with E-state index in [9.17, 15) is 0 Å². The smallest absolute Gasteiger partial charge is 0.377 e. The third kappa shape index (κ3) is 4.38. The van der Waals surface area contributed by atoms with Crippen molar-refractivity contribution in [1.29, 1.82) is 0 Å². The first-order chi connectivity index (χ1) is 16.3. The molecular weight excluding hydrogens is 405 g/mol. The van der Waals surface area contributed by atoms with Gasteiger partial charge < -0.3 is 14.6 Å². The highest BCUT2D eigenvalue weighted by Crippen LogP contribution is 2.41. The van der Waals surface area contributed by atoms with Crippen LogP contribution >= 0.6 is 0 Å². The van der Waals surface area contributed by atoms with Gasteiger partial charge in [0.05, 0.1) is 18.8 Å². The summed E-state index contributed by atoms with van der Waals surface area (Å²) in [5.41, 5.74) is 3.74. The summed E-state index contributed by atoms with van der Waals surface area (Å²) in [6.45, 7) is 2.49. The maximum absolute atomic E-state index is 7.01. The van der Waals surface area contributed by atoms with Gasteiger partial charge in [-0.2, -0.15) is 0 Å². The van der Waals surface area contributed by atoms with Gasteiger partial charge in [0, 0.05) is 0 Å². The van der Waals surface area contributed by atoms with Crippen LogP contribution in [0.15, 0.2) is 121 Å². The van der Waals surface area contributed by atoms with Gasteiger partial charge in [-0.1, -0.05) is 121 Å². The van der Waals surface area contributed by atoms with Gasteiger partial charge in [0.2, 0.25) is 0 Å². The fourth-order valence-corrected chi connectivity index (χ4v) is 4.82. The van der Waals surface area contributed by atoms with E-state index in [0.717, 1.165) is 16.7 Å². The van der Waals surface area contributed by atoms with Crippen LogP contribution in [0.5, 0.6) is 0 Å². The van der Waals surface area contributed by atoms with E-state index in [1.165, 1.54) is 5.56 Å². The minimum atomic E-state index is -0.750. The molecule has 3 nitrogen and oxygen atoms in total. The van der Waals surface area contributed by atoms with Crippen molar-refractivity contribution in [1.82, 2.24) is 5.23 Å². The molecule has 0 bridgehead atoms. The van der Waals surface area contributed by atoms with Gasteiger partial charge in [-0.3, -0.25) is 0 Å². The molecule has 0 aliphatic carbocycles. The highest BCUT2D eigenvalue weighted by atomic mass is 16.5. The third-order valence-corrected chi connectivity index (χ3v) is 6.33. The zero-order chi connectivity index (χ0) is 22.5. The van der Waals surface area contributed by atoms with E-state index in [4.69, 9.17) is 9.39 Å². The Morgan fingerprint density at radius 1 is 0.697 bits per heavy atom. The van der Waals surface area contributed by atoms with Crippen LogP contribution in [0.25, 0.3) is 0 Å². The second kappa shape index (κ2) is 9.76. The van der Waals surface area contributed by atoms with Crippen LogP contribution in [0.3, 0.4) is 0 Å². The van der Waals surface area contributed by atoms with E-state index in [0.29, 0.717) is 6.61 Å². The summed E-state index contributed by atoms with van der Waals surface area (Å²) in [6, 6.07) is 42.0. The minimum absolute atomic E-state index is 0.0385. The number of hydrogen-bond donors (Lipinski definition) is 1. The molecular formula is C29H28BNO2. The van der Waals surface area contributed by atoms with Crippen LogP contribution in [0, 0.1) is 0 Å². The second-order valence-corrected chi connectivity index (χ2v) is 8.46. The molecule has 33 heavy (non-hydrogen) atoms. The topological polar surface area (TPSA) is 30.5 Å². The molecule has 1 aliphatic rings. The maximum Gasteiger partial charge on any atom is 0.377 e. The molecule has 1 N–H and O–H groups in total. The summed E-state index contributed by atoms with van der Waals surface area (Å²) in [5.74, 6) is 0. The number of hydrogen-bond acceptors (Lipinski definition) is 3. The van der Waals surface area contributed by atoms with Gasteiger partial charge in [0.25, 0.3) is 0 Å². The standard InChI is InChI=1S/C29H28BNO2/c1-30-31-28(23-14-6-2-7-15-23)27(33-30)22-32-29(24-16-8-3-9-17-24,25-18-10-4-11-19-25)26-20-12-5-13-21-26/h2-21,27-28,31H,22H2,1H3/t27-,28+/m0/s1. The lowest BCUT2D eigenvalue weighted by Crippen LogP contribution is -2.37. The predicted molar refractivity (Wildman–Crippen MR) is 134 cm³/mol. The van der Waals surface area contributed by atoms with Gasteiger partial charge in [-0.15, -0.1) is 0 Å². The van der Waals surface area contributed by atoms with E-state index in [1.54, 1.807) is 0 Å². The van der Waals surface area contributed by atoms with E-state index in [1.807, 2.05) is 24.3 Å². The van der Waals surface area contributed by atoms with Gasteiger partial charge in [-0.05, 0) is 29.1 Å². The minimum Gasteiger partial charge on any atom is -0.414 e. The molecule has 0 saturated carbocycles. The summed E-state index contributed by atoms with van der Waals surface area (Å²) in [7, 11) is -0.0385. The molecule has 5 rings (SSSR count). The molecule has 0 spiro atoms. The first kappa shape index (κ1) is 21.7. The summed E-state index contributed by atoms with van der Waals surface area (Å²) in [6.07, 6.45) is -0.113. The van der Waals surface area contributed by atoms with Crippen LogP contribution in [0.2, 0.25) is 6.82 Å². The lowest BCUT2D eigenvalue weighted by molar-refractivity contribution is -0.0309. The van der Waals surface area contributed by atoms with E-state index in [-0.39, 0.29) is 19.2 Å². The average Bonchev–Trinajstić information content (AvgIpc) is 3.27. The average molecular weight is 433 g/mol. The fraction of sp³-hybridized carbons (Fsp3) is 0.172. The molecule has 1 heterocycles. The van der Waals surface area contributed by atoms with Crippen molar-refractivity contribution in [3.63, 3.8) is 0 Å². The Kier molecular flexibility index (Phi) is 6.40. The molecule has 4 aromatic rings. The number of nitrogens with one attached hydrogen (secondary N) is 1. The van der Waals surface area contributed by atoms with Gasteiger partial charge in [-0.25, -0.2) is 0 Å². The highest BCUT2D eigenvalue weighted by Gasteiger charge is 2.41. The Hall–Kier alpha value is -3.18. The Balaban J connectivity index is 1.57. The molecule has 4 heteroatoms. The van der Waals surface area contributed by atoms with Crippen molar-refractivity contribution in [2.24, 2.45) is 0 Å². The zero-order valence-electron chi connectivity index (χ0n) is 18.8. The van der Waals surface area contributed by atoms with Crippen LogP contribution < -0.4 is 5.23 Å². The number of ether oxygens (including phenoxy) is 1. The number of rotatable bonds is 7. The third-order valence-electron chi connectivity index (χ3n) is 6.33. The van der Waals surface area contributed by atoms with E-state index >= 15 is 0 Å². The summed E-state index contributed by atoms with van der Waals surface area (Å²) < 4.78 is 13.3. The zero-order valence-corrected chi connectivity index (χ0v) is 18.8. The molecule has 0 unspecified atom stereocenters. The Bertz CT molecular complexity index is 1040. The summed E-state index contributed by atoms with van der Waals surface area (Å²) in [4.78, 5) is 0. The summed E-state index contributed by atoms with van der Waals surface area (Å²) >= 11 is 0. The second-order valence-electron chi connectivity index (χ2n) is 8.46. The maximum atomic E-state index is 7.01. The van der Waals surface area contributed by atoms with E-state index in [2.05, 4.69) is 109 Å². The lowest BCUT2D eigenvalue weighted by atomic mass is 9.80. The van der Waals surface area contributed by atoms with Gasteiger partial charge >= 0.3 is 7.05 Å². The van der Waals surface area contributed by atoms with Gasteiger partial charge in [0.1, 0.15) is 5.60 Å². The quantitative estimate of drug-likeness (QED) is 0.293. The van der Waals surface area contributed by atoms with Gasteiger partial charge in [0.15, 0.2) is 0 Å². The van der Waals surface area contributed by atoms with Crippen molar-refractivity contribution in [3.8, 4) is 0 Å². The molecule has 1 aliphatic heterocycles.